The number of halogens is 1. The van der Waals surface area contributed by atoms with E-state index < -0.39 is 22.9 Å². The lowest BCUT2D eigenvalue weighted by Crippen LogP contribution is -2.60. The molecule has 0 aliphatic carbocycles. The Bertz CT molecular complexity index is 1080. The third-order valence-corrected chi connectivity index (χ3v) is 7.57. The van der Waals surface area contributed by atoms with E-state index in [4.69, 9.17) is 22.1 Å². The SMILES string of the molecule is C/C(Cl)=C\C=C(/C)C1CN(C)C(=O)C12CCCN(C(=O)C(COCc1ccccc1)NC(=O)C(C)(C)N)C2. The van der Waals surface area contributed by atoms with Crippen molar-refractivity contribution in [2.24, 2.45) is 17.1 Å². The van der Waals surface area contributed by atoms with Crippen LogP contribution in [0.2, 0.25) is 0 Å². The van der Waals surface area contributed by atoms with Crippen molar-refractivity contribution in [3.05, 3.63) is 58.7 Å². The highest BCUT2D eigenvalue weighted by atomic mass is 35.5. The largest absolute Gasteiger partial charge is 0.374 e. The van der Waals surface area contributed by atoms with E-state index in [0.717, 1.165) is 11.1 Å². The molecule has 1 aromatic carbocycles. The molecule has 2 fully saturated rings. The van der Waals surface area contributed by atoms with Crippen LogP contribution in [0.25, 0.3) is 0 Å². The number of likely N-dealkylation sites (tertiary alicyclic amines) is 2. The highest BCUT2D eigenvalue weighted by molar-refractivity contribution is 6.29. The molecule has 2 heterocycles. The van der Waals surface area contributed by atoms with Gasteiger partial charge in [0, 0.05) is 37.6 Å². The molecule has 1 aromatic rings. The van der Waals surface area contributed by atoms with Crippen LogP contribution in [-0.4, -0.2) is 72.4 Å². The number of carbonyl (C=O) groups is 3. The summed E-state index contributed by atoms with van der Waals surface area (Å²) >= 11 is 6.05. The van der Waals surface area contributed by atoms with Gasteiger partial charge in [-0.05, 0) is 52.2 Å². The van der Waals surface area contributed by atoms with E-state index in [1.165, 1.54) is 0 Å². The fraction of sp³-hybridized carbons (Fsp3) is 0.552. The van der Waals surface area contributed by atoms with E-state index in [1.807, 2.05) is 63.4 Å². The zero-order valence-corrected chi connectivity index (χ0v) is 23.9. The van der Waals surface area contributed by atoms with Crippen LogP contribution in [0.15, 0.2) is 53.1 Å². The van der Waals surface area contributed by atoms with Gasteiger partial charge in [-0.3, -0.25) is 14.4 Å². The predicted octanol–water partition coefficient (Wildman–Crippen LogP) is 3.21. The van der Waals surface area contributed by atoms with Crippen molar-refractivity contribution < 1.29 is 19.1 Å². The van der Waals surface area contributed by atoms with Crippen LogP contribution in [0.3, 0.4) is 0 Å². The molecule has 208 valence electrons. The number of hydrogen-bond donors (Lipinski definition) is 2. The first-order valence-electron chi connectivity index (χ1n) is 13.1. The molecule has 2 aliphatic rings. The van der Waals surface area contributed by atoms with Gasteiger partial charge in [-0.15, -0.1) is 0 Å². The van der Waals surface area contributed by atoms with Gasteiger partial charge in [0.2, 0.25) is 17.7 Å². The van der Waals surface area contributed by atoms with E-state index in [0.29, 0.717) is 37.6 Å². The molecule has 0 aromatic heterocycles. The van der Waals surface area contributed by atoms with Gasteiger partial charge in [0.05, 0.1) is 24.2 Å². The summed E-state index contributed by atoms with van der Waals surface area (Å²) < 4.78 is 5.87. The third kappa shape index (κ3) is 7.04. The lowest BCUT2D eigenvalue weighted by molar-refractivity contribution is -0.147. The van der Waals surface area contributed by atoms with Gasteiger partial charge in [0.15, 0.2) is 0 Å². The Morgan fingerprint density at radius 2 is 1.95 bits per heavy atom. The van der Waals surface area contributed by atoms with Gasteiger partial charge < -0.3 is 25.6 Å². The molecule has 2 aliphatic heterocycles. The Kier molecular flexibility index (Phi) is 9.79. The van der Waals surface area contributed by atoms with Crippen molar-refractivity contribution >= 4 is 29.3 Å². The monoisotopic (exact) mass is 544 g/mol. The number of nitrogens with two attached hydrogens (primary N) is 1. The number of hydrogen-bond acceptors (Lipinski definition) is 5. The van der Waals surface area contributed by atoms with E-state index in [9.17, 15) is 14.4 Å². The number of allylic oxidation sites excluding steroid dienone is 3. The maximum Gasteiger partial charge on any atom is 0.247 e. The minimum absolute atomic E-state index is 0.00491. The standard InChI is InChI=1S/C29H41ClN4O4/c1-20(12-13-21(2)30)23-16-33(5)27(37)29(23)14-9-15-34(19-29)25(35)24(32-26(36)28(3,4)31)18-38-17-22-10-7-6-8-11-22/h6-8,10-13,23-24H,9,14-19,31H2,1-5H3,(H,32,36)/b20-12+,21-13+. The lowest BCUT2D eigenvalue weighted by atomic mass is 9.69. The van der Waals surface area contributed by atoms with Crippen molar-refractivity contribution in [1.29, 1.82) is 0 Å². The number of benzene rings is 1. The van der Waals surface area contributed by atoms with Crippen LogP contribution in [-0.2, 0) is 25.7 Å². The van der Waals surface area contributed by atoms with Gasteiger partial charge in [0.25, 0.3) is 0 Å². The summed E-state index contributed by atoms with van der Waals surface area (Å²) in [5, 5.41) is 3.46. The highest BCUT2D eigenvalue weighted by Gasteiger charge is 2.55. The molecule has 0 saturated carbocycles. The molecule has 3 N–H and O–H groups in total. The summed E-state index contributed by atoms with van der Waals surface area (Å²) in [7, 11) is 1.81. The van der Waals surface area contributed by atoms with Gasteiger partial charge >= 0.3 is 0 Å². The Morgan fingerprint density at radius 3 is 2.58 bits per heavy atom. The first-order valence-corrected chi connectivity index (χ1v) is 13.5. The summed E-state index contributed by atoms with van der Waals surface area (Å²) in [6.45, 7) is 8.68. The van der Waals surface area contributed by atoms with Crippen LogP contribution in [0.1, 0.15) is 46.1 Å². The van der Waals surface area contributed by atoms with E-state index in [2.05, 4.69) is 5.32 Å². The van der Waals surface area contributed by atoms with Crippen LogP contribution in [0.5, 0.6) is 0 Å². The number of piperidine rings is 1. The Balaban J connectivity index is 1.82. The second kappa shape index (κ2) is 12.5. The van der Waals surface area contributed by atoms with Crippen molar-refractivity contribution in [2.45, 2.75) is 58.7 Å². The highest BCUT2D eigenvalue weighted by Crippen LogP contribution is 2.47. The number of nitrogens with one attached hydrogen (secondary N) is 1. The average molecular weight is 545 g/mol. The second-order valence-corrected chi connectivity index (χ2v) is 11.8. The molecule has 9 heteroatoms. The van der Waals surface area contributed by atoms with Crippen LogP contribution >= 0.6 is 11.6 Å². The fourth-order valence-electron chi connectivity index (χ4n) is 5.34. The molecule has 3 amide bonds. The summed E-state index contributed by atoms with van der Waals surface area (Å²) in [6, 6.07) is 8.71. The molecule has 3 atom stereocenters. The predicted molar refractivity (Wildman–Crippen MR) is 149 cm³/mol. The normalized spacial score (nSPS) is 23.7. The Hall–Kier alpha value is -2.68. The number of nitrogens with zero attached hydrogens (tertiary/aromatic N) is 2. The lowest BCUT2D eigenvalue weighted by Gasteiger charge is -2.43. The van der Waals surface area contributed by atoms with E-state index in [1.54, 1.807) is 23.6 Å². The van der Waals surface area contributed by atoms with Gasteiger partial charge in [-0.1, -0.05) is 53.6 Å². The molecule has 8 nitrogen and oxygen atoms in total. The number of ether oxygens (including phenoxy) is 1. The molecule has 38 heavy (non-hydrogen) atoms. The van der Waals surface area contributed by atoms with Gasteiger partial charge in [-0.25, -0.2) is 0 Å². The number of rotatable bonds is 9. The Labute approximate surface area is 231 Å². The van der Waals surface area contributed by atoms with Crippen LogP contribution in [0, 0.1) is 11.3 Å². The number of amides is 3. The maximum atomic E-state index is 13.8. The van der Waals surface area contributed by atoms with Crippen molar-refractivity contribution in [1.82, 2.24) is 15.1 Å². The molecular formula is C29H41ClN4O4. The quantitative estimate of drug-likeness (QED) is 0.464. The molecule has 3 rings (SSSR count). The summed E-state index contributed by atoms with van der Waals surface area (Å²) in [6.07, 6.45) is 5.18. The molecule has 2 saturated heterocycles. The smallest absolute Gasteiger partial charge is 0.247 e. The van der Waals surface area contributed by atoms with Gasteiger partial charge in [0.1, 0.15) is 6.04 Å². The molecule has 3 unspecified atom stereocenters. The third-order valence-electron chi connectivity index (χ3n) is 7.44. The second-order valence-electron chi connectivity index (χ2n) is 11.2. The average Bonchev–Trinajstić information content (AvgIpc) is 3.11. The Morgan fingerprint density at radius 1 is 1.26 bits per heavy atom. The summed E-state index contributed by atoms with van der Waals surface area (Å²) in [5.41, 5.74) is 6.15. The summed E-state index contributed by atoms with van der Waals surface area (Å²) in [4.78, 5) is 43.6. The fourth-order valence-corrected chi connectivity index (χ4v) is 5.41. The molecule has 0 radical (unpaired) electrons. The zero-order valence-electron chi connectivity index (χ0n) is 23.1. The van der Waals surface area contributed by atoms with E-state index >= 15 is 0 Å². The minimum Gasteiger partial charge on any atom is -0.374 e. The zero-order chi connectivity index (χ0) is 28.1. The van der Waals surface area contributed by atoms with Crippen LogP contribution in [0.4, 0.5) is 0 Å². The van der Waals surface area contributed by atoms with Crippen molar-refractivity contribution in [3.8, 4) is 0 Å². The topological polar surface area (TPSA) is 105 Å². The van der Waals surface area contributed by atoms with Gasteiger partial charge in [-0.2, -0.15) is 0 Å². The summed E-state index contributed by atoms with van der Waals surface area (Å²) in [5.74, 6) is -0.715. The minimum atomic E-state index is -1.16. The van der Waals surface area contributed by atoms with Crippen LogP contribution < -0.4 is 11.1 Å². The van der Waals surface area contributed by atoms with Crippen molar-refractivity contribution in [2.75, 3.05) is 33.3 Å². The molecular weight excluding hydrogens is 504 g/mol. The first kappa shape index (κ1) is 29.9. The molecule has 0 bridgehead atoms. The number of carbonyl (C=O) groups excluding carboxylic acids is 3. The molecule has 1 spiro atoms. The first-order chi connectivity index (χ1) is 17.8. The van der Waals surface area contributed by atoms with E-state index in [-0.39, 0.29) is 30.9 Å². The van der Waals surface area contributed by atoms with Crippen molar-refractivity contribution in [3.63, 3.8) is 0 Å². The maximum absolute atomic E-state index is 13.8.